The number of halogens is 1. The zero-order valence-corrected chi connectivity index (χ0v) is 15.3. The van der Waals surface area contributed by atoms with Crippen molar-refractivity contribution in [1.82, 2.24) is 20.2 Å². The van der Waals surface area contributed by atoms with Crippen LogP contribution in [-0.2, 0) is 24.2 Å². The number of carbonyl (C=O) groups is 2. The first kappa shape index (κ1) is 19.0. The lowest BCUT2D eigenvalue weighted by Gasteiger charge is -2.17. The highest BCUT2D eigenvalue weighted by molar-refractivity contribution is 5.97. The summed E-state index contributed by atoms with van der Waals surface area (Å²) in [5.41, 5.74) is 1.86. The normalized spacial score (nSPS) is 13.1. The van der Waals surface area contributed by atoms with E-state index in [0.29, 0.717) is 26.1 Å². The zero-order chi connectivity index (χ0) is 19.2. The summed E-state index contributed by atoms with van der Waals surface area (Å²) in [6.07, 6.45) is 2.60. The molecule has 0 unspecified atom stereocenters. The van der Waals surface area contributed by atoms with E-state index in [1.165, 1.54) is 12.1 Å². The predicted octanol–water partition coefficient (Wildman–Crippen LogP) is 1.66. The molecule has 2 aromatic rings. The summed E-state index contributed by atoms with van der Waals surface area (Å²) in [4.78, 5) is 29.4. The molecule has 1 aliphatic heterocycles. The Balaban J connectivity index is 1.74. The van der Waals surface area contributed by atoms with Gasteiger partial charge in [-0.05, 0) is 37.0 Å². The molecule has 1 aromatic carbocycles. The fourth-order valence-electron chi connectivity index (χ4n) is 3.11. The Bertz CT molecular complexity index is 817. The number of rotatable bonds is 7. The van der Waals surface area contributed by atoms with Crippen LogP contribution in [0.2, 0.25) is 0 Å². The molecule has 0 saturated carbocycles. The van der Waals surface area contributed by atoms with Crippen molar-refractivity contribution in [2.75, 3.05) is 20.3 Å². The standard InChI is InChI=1S/C19H23FN4O3/c1-27-11-9-21-19(26)17-23-16(15-4-2-3-10-24(15)17)18(25)22-12-13-5-7-14(20)8-6-13/h5-8H,2-4,9-12H2,1H3,(H,21,26)(H,22,25). The van der Waals surface area contributed by atoms with Crippen LogP contribution in [0.15, 0.2) is 24.3 Å². The number of hydrogen-bond acceptors (Lipinski definition) is 4. The average Bonchev–Trinajstić information content (AvgIpc) is 3.07. The first-order chi connectivity index (χ1) is 13.1. The summed E-state index contributed by atoms with van der Waals surface area (Å²) < 4.78 is 19.8. The molecule has 2 amide bonds. The summed E-state index contributed by atoms with van der Waals surface area (Å²) >= 11 is 0. The third kappa shape index (κ3) is 4.51. The quantitative estimate of drug-likeness (QED) is 0.722. The van der Waals surface area contributed by atoms with E-state index in [0.717, 1.165) is 24.1 Å². The van der Waals surface area contributed by atoms with Crippen molar-refractivity contribution in [1.29, 1.82) is 0 Å². The minimum absolute atomic E-state index is 0.257. The van der Waals surface area contributed by atoms with E-state index in [9.17, 15) is 14.0 Å². The second-order valence-corrected chi connectivity index (χ2v) is 6.40. The van der Waals surface area contributed by atoms with Crippen LogP contribution in [0.1, 0.15) is 45.2 Å². The number of carbonyl (C=O) groups excluding carboxylic acids is 2. The molecule has 0 spiro atoms. The number of ether oxygens (including phenoxy) is 1. The van der Waals surface area contributed by atoms with Gasteiger partial charge in [-0.2, -0.15) is 0 Å². The number of fused-ring (bicyclic) bond motifs is 1. The van der Waals surface area contributed by atoms with Crippen LogP contribution >= 0.6 is 0 Å². The van der Waals surface area contributed by atoms with Gasteiger partial charge in [0.1, 0.15) is 11.5 Å². The summed E-state index contributed by atoms with van der Waals surface area (Å²) in [6.45, 7) is 1.72. The Hall–Kier alpha value is -2.74. The minimum atomic E-state index is -0.332. The first-order valence-electron chi connectivity index (χ1n) is 8.99. The topological polar surface area (TPSA) is 85.2 Å². The summed E-state index contributed by atoms with van der Waals surface area (Å²) in [5, 5.41) is 5.55. The number of hydrogen-bond donors (Lipinski definition) is 2. The fraction of sp³-hybridized carbons (Fsp3) is 0.421. The van der Waals surface area contributed by atoms with Gasteiger partial charge in [0.25, 0.3) is 11.8 Å². The first-order valence-corrected chi connectivity index (χ1v) is 8.99. The number of aromatic nitrogens is 2. The maximum Gasteiger partial charge on any atom is 0.287 e. The fourth-order valence-corrected chi connectivity index (χ4v) is 3.11. The predicted molar refractivity (Wildman–Crippen MR) is 96.9 cm³/mol. The SMILES string of the molecule is COCCNC(=O)c1nc(C(=O)NCc2ccc(F)cc2)c2n1CCCC2. The second-order valence-electron chi connectivity index (χ2n) is 6.40. The Morgan fingerprint density at radius 3 is 2.70 bits per heavy atom. The van der Waals surface area contributed by atoms with Crippen molar-refractivity contribution in [3.63, 3.8) is 0 Å². The van der Waals surface area contributed by atoms with E-state index in [1.54, 1.807) is 19.2 Å². The van der Waals surface area contributed by atoms with Crippen LogP contribution in [0.4, 0.5) is 4.39 Å². The Labute approximate surface area is 156 Å². The third-order valence-corrected chi connectivity index (χ3v) is 4.49. The van der Waals surface area contributed by atoms with Crippen LogP contribution in [0, 0.1) is 5.82 Å². The number of amides is 2. The highest BCUT2D eigenvalue weighted by Crippen LogP contribution is 2.21. The number of nitrogens with one attached hydrogen (secondary N) is 2. The minimum Gasteiger partial charge on any atom is -0.383 e. The van der Waals surface area contributed by atoms with Crippen LogP contribution in [0.25, 0.3) is 0 Å². The van der Waals surface area contributed by atoms with Crippen LogP contribution < -0.4 is 10.6 Å². The molecule has 27 heavy (non-hydrogen) atoms. The molecule has 7 nitrogen and oxygen atoms in total. The van der Waals surface area contributed by atoms with E-state index in [1.807, 2.05) is 4.57 Å². The molecule has 144 valence electrons. The van der Waals surface area contributed by atoms with Gasteiger partial charge in [-0.15, -0.1) is 0 Å². The monoisotopic (exact) mass is 374 g/mol. The molecular weight excluding hydrogens is 351 g/mol. The number of imidazole rings is 1. The Morgan fingerprint density at radius 1 is 1.19 bits per heavy atom. The van der Waals surface area contributed by atoms with Crippen molar-refractivity contribution in [3.8, 4) is 0 Å². The molecule has 0 saturated heterocycles. The van der Waals surface area contributed by atoms with Crippen molar-refractivity contribution >= 4 is 11.8 Å². The van der Waals surface area contributed by atoms with Gasteiger partial charge in [0, 0.05) is 26.7 Å². The van der Waals surface area contributed by atoms with Crippen LogP contribution in [-0.4, -0.2) is 41.6 Å². The molecule has 8 heteroatoms. The highest BCUT2D eigenvalue weighted by Gasteiger charge is 2.27. The molecule has 0 radical (unpaired) electrons. The molecule has 0 bridgehead atoms. The molecule has 0 atom stereocenters. The molecule has 2 heterocycles. The number of nitrogens with zero attached hydrogens (tertiary/aromatic N) is 2. The smallest absolute Gasteiger partial charge is 0.287 e. The summed E-state index contributed by atoms with van der Waals surface area (Å²) in [6, 6.07) is 5.94. The number of benzene rings is 1. The van der Waals surface area contributed by atoms with Crippen molar-refractivity contribution in [2.24, 2.45) is 0 Å². The average molecular weight is 374 g/mol. The van der Waals surface area contributed by atoms with E-state index in [4.69, 9.17) is 4.74 Å². The van der Waals surface area contributed by atoms with Crippen LogP contribution in [0.3, 0.4) is 0 Å². The van der Waals surface area contributed by atoms with Gasteiger partial charge in [0.05, 0.1) is 12.3 Å². The van der Waals surface area contributed by atoms with Crippen molar-refractivity contribution in [3.05, 3.63) is 52.9 Å². The van der Waals surface area contributed by atoms with Crippen molar-refractivity contribution in [2.45, 2.75) is 32.4 Å². The zero-order valence-electron chi connectivity index (χ0n) is 15.3. The molecule has 3 rings (SSSR count). The maximum absolute atomic E-state index is 13.0. The van der Waals surface area contributed by atoms with E-state index < -0.39 is 0 Å². The molecule has 0 aliphatic carbocycles. The van der Waals surface area contributed by atoms with Gasteiger partial charge >= 0.3 is 0 Å². The van der Waals surface area contributed by atoms with Gasteiger partial charge < -0.3 is 19.9 Å². The lowest BCUT2D eigenvalue weighted by atomic mass is 10.1. The molecule has 2 N–H and O–H groups in total. The second kappa shape index (κ2) is 8.77. The summed E-state index contributed by atoms with van der Waals surface area (Å²) in [5.74, 6) is -0.709. The number of methoxy groups -OCH3 is 1. The summed E-state index contributed by atoms with van der Waals surface area (Å²) in [7, 11) is 1.56. The van der Waals surface area contributed by atoms with Gasteiger partial charge in [0.15, 0.2) is 5.82 Å². The lowest BCUT2D eigenvalue weighted by Crippen LogP contribution is -2.30. The largest absolute Gasteiger partial charge is 0.383 e. The maximum atomic E-state index is 13.0. The van der Waals surface area contributed by atoms with Gasteiger partial charge in [-0.3, -0.25) is 9.59 Å². The lowest BCUT2D eigenvalue weighted by molar-refractivity contribution is 0.0921. The van der Waals surface area contributed by atoms with Gasteiger partial charge in [0.2, 0.25) is 0 Å². The van der Waals surface area contributed by atoms with Gasteiger partial charge in [-0.25, -0.2) is 9.37 Å². The van der Waals surface area contributed by atoms with Gasteiger partial charge in [-0.1, -0.05) is 12.1 Å². The van der Waals surface area contributed by atoms with Crippen LogP contribution in [0.5, 0.6) is 0 Å². The Kier molecular flexibility index (Phi) is 6.18. The Morgan fingerprint density at radius 2 is 1.96 bits per heavy atom. The molecular formula is C19H23FN4O3. The molecule has 0 fully saturated rings. The molecule has 1 aromatic heterocycles. The third-order valence-electron chi connectivity index (χ3n) is 4.49. The molecule has 1 aliphatic rings. The van der Waals surface area contributed by atoms with E-state index in [2.05, 4.69) is 15.6 Å². The van der Waals surface area contributed by atoms with E-state index >= 15 is 0 Å². The van der Waals surface area contributed by atoms with Crippen molar-refractivity contribution < 1.29 is 18.7 Å². The highest BCUT2D eigenvalue weighted by atomic mass is 19.1. The van der Waals surface area contributed by atoms with E-state index in [-0.39, 0.29) is 35.7 Å².